The van der Waals surface area contributed by atoms with Crippen LogP contribution in [0.1, 0.15) is 39.5 Å². The first kappa shape index (κ1) is 18.1. The number of imidazole rings is 1. The number of hydrogen-bond acceptors (Lipinski definition) is 6. The van der Waals surface area contributed by atoms with E-state index in [1.807, 2.05) is 22.9 Å². The molecule has 0 unspecified atom stereocenters. The van der Waals surface area contributed by atoms with Crippen molar-refractivity contribution in [2.24, 2.45) is 0 Å². The molecule has 150 valence electrons. The second-order valence-electron chi connectivity index (χ2n) is 8.81. The molecule has 29 heavy (non-hydrogen) atoms. The number of hydrogen-bond donors (Lipinski definition) is 2. The van der Waals surface area contributed by atoms with E-state index >= 15 is 0 Å². The maximum atomic E-state index is 10.5. The lowest BCUT2D eigenvalue weighted by Gasteiger charge is -2.41. The van der Waals surface area contributed by atoms with Crippen molar-refractivity contribution in [1.82, 2.24) is 24.8 Å². The molecule has 7 nitrogen and oxygen atoms in total. The number of piperidine rings is 1. The van der Waals surface area contributed by atoms with Gasteiger partial charge in [-0.05, 0) is 38.8 Å². The zero-order chi connectivity index (χ0) is 20.1. The number of phenolic OH excluding ortho intramolecular Hbond substituents is 1. The Balaban J connectivity index is 1.32. The van der Waals surface area contributed by atoms with Crippen LogP contribution in [0.3, 0.4) is 0 Å². The molecule has 2 aliphatic heterocycles. The first-order valence-corrected chi connectivity index (χ1v) is 10.0. The third kappa shape index (κ3) is 3.46. The van der Waals surface area contributed by atoms with Crippen molar-refractivity contribution in [3.8, 4) is 28.6 Å². The molecule has 0 saturated carbocycles. The van der Waals surface area contributed by atoms with Crippen LogP contribution < -0.4 is 10.1 Å². The normalized spacial score (nSPS) is 28.4. The maximum Gasteiger partial charge on any atom is 0.232 e. The SMILES string of the molecule is C[C@]12CC[C@](C)(C[C@@H](Oc3cnc(-c4ccc(-n5ccnc5)cc4O)cn3)C1)N2. The van der Waals surface area contributed by atoms with Crippen LogP contribution in [0.5, 0.6) is 11.6 Å². The molecule has 2 aromatic heterocycles. The highest BCUT2D eigenvalue weighted by molar-refractivity contribution is 5.68. The summed E-state index contributed by atoms with van der Waals surface area (Å²) in [6, 6.07) is 5.44. The van der Waals surface area contributed by atoms with Crippen molar-refractivity contribution in [3.05, 3.63) is 49.3 Å². The molecule has 0 aliphatic carbocycles. The van der Waals surface area contributed by atoms with Crippen molar-refractivity contribution in [2.75, 3.05) is 0 Å². The van der Waals surface area contributed by atoms with E-state index < -0.39 is 0 Å². The third-order valence-corrected chi connectivity index (χ3v) is 6.16. The van der Waals surface area contributed by atoms with Crippen LogP contribution in [-0.4, -0.2) is 41.8 Å². The minimum absolute atomic E-state index is 0.136. The minimum atomic E-state index is 0.136. The standard InChI is InChI=1S/C22H25N5O2/c1-21-5-6-22(2,26-21)11-16(10-21)29-20-13-24-18(12-25-20)17-4-3-15(9-19(17)28)27-8-7-23-14-27/h3-4,7-9,12-14,16,26,28H,5-6,10-11H2,1-2H3/t16-,21-,22+. The second-order valence-corrected chi connectivity index (χ2v) is 8.81. The fourth-order valence-corrected chi connectivity index (χ4v) is 4.87. The number of rotatable bonds is 4. The number of fused-ring (bicyclic) bond motifs is 2. The van der Waals surface area contributed by atoms with Crippen molar-refractivity contribution in [1.29, 1.82) is 0 Å². The molecule has 1 aromatic carbocycles. The van der Waals surface area contributed by atoms with Gasteiger partial charge < -0.3 is 19.7 Å². The molecule has 0 spiro atoms. The fraction of sp³-hybridized carbons (Fsp3) is 0.409. The molecule has 2 aliphatic rings. The first-order chi connectivity index (χ1) is 13.9. The molecular formula is C22H25N5O2. The molecule has 0 radical (unpaired) electrons. The average Bonchev–Trinajstić information content (AvgIpc) is 3.28. The number of ether oxygens (including phenoxy) is 1. The van der Waals surface area contributed by atoms with Gasteiger partial charge >= 0.3 is 0 Å². The van der Waals surface area contributed by atoms with E-state index in [-0.39, 0.29) is 22.9 Å². The molecule has 2 bridgehead atoms. The Hall–Kier alpha value is -2.93. The van der Waals surface area contributed by atoms with Crippen LogP contribution >= 0.6 is 0 Å². The Bertz CT molecular complexity index is 1000. The maximum absolute atomic E-state index is 10.5. The summed E-state index contributed by atoms with van der Waals surface area (Å²) in [5, 5.41) is 14.2. The smallest absolute Gasteiger partial charge is 0.232 e. The average molecular weight is 391 g/mol. The Morgan fingerprint density at radius 1 is 1.14 bits per heavy atom. The van der Waals surface area contributed by atoms with E-state index in [4.69, 9.17) is 4.74 Å². The molecule has 5 rings (SSSR count). The summed E-state index contributed by atoms with van der Waals surface area (Å²) < 4.78 is 8.00. The largest absolute Gasteiger partial charge is 0.507 e. The lowest BCUT2D eigenvalue weighted by atomic mass is 9.86. The van der Waals surface area contributed by atoms with E-state index in [1.54, 1.807) is 31.0 Å². The molecule has 0 amide bonds. The topological polar surface area (TPSA) is 85.1 Å². The molecule has 3 aromatic rings. The number of aromatic hydroxyl groups is 1. The lowest BCUT2D eigenvalue weighted by molar-refractivity contribution is 0.0758. The molecule has 4 heterocycles. The quantitative estimate of drug-likeness (QED) is 0.708. The van der Waals surface area contributed by atoms with Gasteiger partial charge in [-0.25, -0.2) is 15.0 Å². The monoisotopic (exact) mass is 391 g/mol. The van der Waals surface area contributed by atoms with E-state index in [9.17, 15) is 5.11 Å². The van der Waals surface area contributed by atoms with Gasteiger partial charge in [0.2, 0.25) is 5.88 Å². The molecule has 2 fully saturated rings. The van der Waals surface area contributed by atoms with Gasteiger partial charge in [0.1, 0.15) is 11.9 Å². The lowest BCUT2D eigenvalue weighted by Crippen LogP contribution is -2.56. The molecule has 7 heteroatoms. The van der Waals surface area contributed by atoms with Crippen LogP contribution in [0.4, 0.5) is 0 Å². The molecule has 2 N–H and O–H groups in total. The van der Waals surface area contributed by atoms with Gasteiger partial charge in [0, 0.05) is 47.9 Å². The van der Waals surface area contributed by atoms with Crippen molar-refractivity contribution < 1.29 is 9.84 Å². The Morgan fingerprint density at radius 3 is 2.55 bits per heavy atom. The summed E-state index contributed by atoms with van der Waals surface area (Å²) in [6.07, 6.45) is 13.0. The summed E-state index contributed by atoms with van der Waals surface area (Å²) in [5.41, 5.74) is 2.37. The summed E-state index contributed by atoms with van der Waals surface area (Å²) in [7, 11) is 0. The summed E-state index contributed by atoms with van der Waals surface area (Å²) >= 11 is 0. The van der Waals surface area contributed by atoms with E-state index in [2.05, 4.69) is 34.1 Å². The van der Waals surface area contributed by atoms with E-state index in [0.717, 1.165) is 18.5 Å². The van der Waals surface area contributed by atoms with Crippen LogP contribution in [0, 0.1) is 0 Å². The highest BCUT2D eigenvalue weighted by atomic mass is 16.5. The number of benzene rings is 1. The highest BCUT2D eigenvalue weighted by Gasteiger charge is 2.49. The molecule has 2 saturated heterocycles. The van der Waals surface area contributed by atoms with Crippen molar-refractivity contribution >= 4 is 0 Å². The Kier molecular flexibility index (Phi) is 4.10. The minimum Gasteiger partial charge on any atom is -0.507 e. The van der Waals surface area contributed by atoms with Gasteiger partial charge in [0.25, 0.3) is 0 Å². The van der Waals surface area contributed by atoms with Gasteiger partial charge in [-0.15, -0.1) is 0 Å². The predicted molar refractivity (Wildman–Crippen MR) is 109 cm³/mol. The van der Waals surface area contributed by atoms with Gasteiger partial charge in [-0.3, -0.25) is 0 Å². The molecule has 3 atom stereocenters. The van der Waals surface area contributed by atoms with Crippen molar-refractivity contribution in [3.63, 3.8) is 0 Å². The third-order valence-electron chi connectivity index (χ3n) is 6.16. The van der Waals surface area contributed by atoms with Crippen LogP contribution in [0.25, 0.3) is 16.9 Å². The van der Waals surface area contributed by atoms with Crippen LogP contribution in [-0.2, 0) is 0 Å². The second kappa shape index (κ2) is 6.56. The zero-order valence-corrected chi connectivity index (χ0v) is 16.7. The highest BCUT2D eigenvalue weighted by Crippen LogP contribution is 2.43. The van der Waals surface area contributed by atoms with E-state index in [0.29, 0.717) is 17.1 Å². The van der Waals surface area contributed by atoms with Gasteiger partial charge in [0.05, 0.1) is 30.1 Å². The number of phenols is 1. The number of aromatic nitrogens is 4. The predicted octanol–water partition coefficient (Wildman–Crippen LogP) is 3.48. The van der Waals surface area contributed by atoms with Gasteiger partial charge in [-0.1, -0.05) is 0 Å². The van der Waals surface area contributed by atoms with Crippen LogP contribution in [0.15, 0.2) is 49.3 Å². The summed E-state index contributed by atoms with van der Waals surface area (Å²) in [4.78, 5) is 13.0. The summed E-state index contributed by atoms with van der Waals surface area (Å²) in [6.45, 7) is 4.55. The molecular weight excluding hydrogens is 366 g/mol. The fourth-order valence-electron chi connectivity index (χ4n) is 4.87. The first-order valence-electron chi connectivity index (χ1n) is 10.0. The van der Waals surface area contributed by atoms with Gasteiger partial charge in [0.15, 0.2) is 0 Å². The van der Waals surface area contributed by atoms with E-state index in [1.165, 1.54) is 12.8 Å². The number of nitrogens with zero attached hydrogens (tertiary/aromatic N) is 4. The Morgan fingerprint density at radius 2 is 1.93 bits per heavy atom. The van der Waals surface area contributed by atoms with Gasteiger partial charge in [-0.2, -0.15) is 0 Å². The number of nitrogens with one attached hydrogen (secondary N) is 1. The Labute approximate surface area is 169 Å². The van der Waals surface area contributed by atoms with Crippen molar-refractivity contribution in [2.45, 2.75) is 56.7 Å². The summed E-state index contributed by atoms with van der Waals surface area (Å²) in [5.74, 6) is 0.678. The van der Waals surface area contributed by atoms with Crippen LogP contribution in [0.2, 0.25) is 0 Å². The zero-order valence-electron chi connectivity index (χ0n) is 16.7.